The number of amides is 2. The van der Waals surface area contributed by atoms with Crippen LogP contribution in [0.15, 0.2) is 46.9 Å². The number of rotatable bonds is 7. The molecule has 0 spiro atoms. The van der Waals surface area contributed by atoms with Crippen molar-refractivity contribution < 1.29 is 9.59 Å². The maximum Gasteiger partial charge on any atom is 0.251 e. The normalized spacial score (nSPS) is 13.5. The van der Waals surface area contributed by atoms with Crippen LogP contribution in [0.25, 0.3) is 0 Å². The first kappa shape index (κ1) is 19.6. The molecule has 0 radical (unpaired) electrons. The Kier molecular flexibility index (Phi) is 6.29. The van der Waals surface area contributed by atoms with E-state index in [1.807, 2.05) is 61.3 Å². The van der Waals surface area contributed by atoms with Crippen LogP contribution in [0.5, 0.6) is 0 Å². The van der Waals surface area contributed by atoms with E-state index >= 15 is 0 Å². The van der Waals surface area contributed by atoms with Gasteiger partial charge in [-0.25, -0.2) is 0 Å². The fourth-order valence-electron chi connectivity index (χ4n) is 2.78. The summed E-state index contributed by atoms with van der Waals surface area (Å²) in [5, 5.41) is 5.90. The van der Waals surface area contributed by atoms with E-state index in [0.29, 0.717) is 18.2 Å². The summed E-state index contributed by atoms with van der Waals surface area (Å²) in [5.74, 6) is -0.0806. The van der Waals surface area contributed by atoms with Crippen LogP contribution in [0.2, 0.25) is 0 Å². The van der Waals surface area contributed by atoms with Gasteiger partial charge in [0.2, 0.25) is 5.91 Å². The Morgan fingerprint density at radius 3 is 2.48 bits per heavy atom. The summed E-state index contributed by atoms with van der Waals surface area (Å²) in [6.45, 7) is 2.92. The second-order valence-electron chi connectivity index (χ2n) is 7.15. The maximum absolute atomic E-state index is 12.3. The molecule has 5 nitrogen and oxygen atoms in total. The van der Waals surface area contributed by atoms with E-state index < -0.39 is 0 Å². The highest BCUT2D eigenvalue weighted by atomic mass is 79.9. The summed E-state index contributed by atoms with van der Waals surface area (Å²) in [5.41, 5.74) is 3.64. The summed E-state index contributed by atoms with van der Waals surface area (Å²) < 4.78 is 0.874. The molecule has 142 valence electrons. The zero-order chi connectivity index (χ0) is 19.4. The van der Waals surface area contributed by atoms with Gasteiger partial charge in [0, 0.05) is 22.6 Å². The lowest BCUT2D eigenvalue weighted by Gasteiger charge is -2.17. The summed E-state index contributed by atoms with van der Waals surface area (Å²) in [7, 11) is 1.90. The molecule has 0 heterocycles. The number of aryl methyl sites for hydroxylation is 1. The Hall–Kier alpha value is -2.18. The molecular weight excluding hydrogens is 406 g/mol. The molecule has 1 saturated carbocycles. The predicted octanol–water partition coefficient (Wildman–Crippen LogP) is 3.72. The highest BCUT2D eigenvalue weighted by Gasteiger charge is 2.23. The second kappa shape index (κ2) is 8.67. The van der Waals surface area contributed by atoms with Crippen molar-refractivity contribution in [3.8, 4) is 0 Å². The Labute approximate surface area is 168 Å². The lowest BCUT2D eigenvalue weighted by Crippen LogP contribution is -2.30. The van der Waals surface area contributed by atoms with Gasteiger partial charge in [0.15, 0.2) is 0 Å². The van der Waals surface area contributed by atoms with Crippen molar-refractivity contribution >= 4 is 33.4 Å². The minimum Gasteiger partial charge on any atom is -0.349 e. The number of carbonyl (C=O) groups excluding carboxylic acids is 2. The van der Waals surface area contributed by atoms with Crippen molar-refractivity contribution in [3.63, 3.8) is 0 Å². The minimum atomic E-state index is -0.0671. The third-order valence-electron chi connectivity index (χ3n) is 4.39. The molecule has 1 aliphatic rings. The van der Waals surface area contributed by atoms with Crippen molar-refractivity contribution in [2.24, 2.45) is 0 Å². The van der Waals surface area contributed by atoms with E-state index in [-0.39, 0.29) is 18.4 Å². The van der Waals surface area contributed by atoms with Gasteiger partial charge in [0.1, 0.15) is 0 Å². The molecule has 27 heavy (non-hydrogen) atoms. The smallest absolute Gasteiger partial charge is 0.251 e. The lowest BCUT2D eigenvalue weighted by molar-refractivity contribution is -0.117. The van der Waals surface area contributed by atoms with Gasteiger partial charge < -0.3 is 10.6 Å². The van der Waals surface area contributed by atoms with Crippen molar-refractivity contribution in [1.82, 2.24) is 10.2 Å². The van der Waals surface area contributed by atoms with Crippen LogP contribution in [0.4, 0.5) is 5.69 Å². The average molecular weight is 430 g/mol. The van der Waals surface area contributed by atoms with Gasteiger partial charge in [-0.05, 0) is 78.1 Å². The summed E-state index contributed by atoms with van der Waals surface area (Å²) in [6, 6.07) is 13.7. The number of nitrogens with one attached hydrogen (secondary N) is 2. The van der Waals surface area contributed by atoms with E-state index in [2.05, 4.69) is 26.6 Å². The van der Waals surface area contributed by atoms with Crippen molar-refractivity contribution in [3.05, 3.63) is 63.6 Å². The first-order valence-electron chi connectivity index (χ1n) is 9.05. The molecular formula is C21H24BrN3O2. The molecule has 2 N–H and O–H groups in total. The van der Waals surface area contributed by atoms with E-state index in [9.17, 15) is 9.59 Å². The fraction of sp³-hybridized carbons (Fsp3) is 0.333. The van der Waals surface area contributed by atoms with Gasteiger partial charge in [-0.3, -0.25) is 14.5 Å². The number of halogens is 1. The Bertz CT molecular complexity index is 832. The molecule has 1 fully saturated rings. The average Bonchev–Trinajstić information content (AvgIpc) is 3.42. The van der Waals surface area contributed by atoms with Crippen LogP contribution in [-0.2, 0) is 11.3 Å². The monoisotopic (exact) mass is 429 g/mol. The molecule has 0 bridgehead atoms. The zero-order valence-corrected chi connectivity index (χ0v) is 17.2. The van der Waals surface area contributed by atoms with Crippen LogP contribution in [-0.4, -0.2) is 36.3 Å². The van der Waals surface area contributed by atoms with Crippen LogP contribution < -0.4 is 10.6 Å². The van der Waals surface area contributed by atoms with Crippen LogP contribution in [0.1, 0.15) is 34.3 Å². The van der Waals surface area contributed by atoms with Gasteiger partial charge in [0.25, 0.3) is 5.91 Å². The van der Waals surface area contributed by atoms with Crippen LogP contribution >= 0.6 is 15.9 Å². The highest BCUT2D eigenvalue weighted by Crippen LogP contribution is 2.23. The molecule has 2 aromatic rings. The molecule has 2 amide bonds. The van der Waals surface area contributed by atoms with Crippen molar-refractivity contribution in [1.29, 1.82) is 0 Å². The largest absolute Gasteiger partial charge is 0.349 e. The zero-order valence-electron chi connectivity index (χ0n) is 15.6. The van der Waals surface area contributed by atoms with Crippen molar-refractivity contribution in [2.45, 2.75) is 32.4 Å². The third kappa shape index (κ3) is 5.91. The lowest BCUT2D eigenvalue weighted by atomic mass is 10.1. The second-order valence-corrected chi connectivity index (χ2v) is 8.00. The molecule has 0 aromatic heterocycles. The van der Waals surface area contributed by atoms with E-state index in [1.165, 1.54) is 0 Å². The van der Waals surface area contributed by atoms with Gasteiger partial charge in [-0.15, -0.1) is 0 Å². The van der Waals surface area contributed by atoms with Gasteiger partial charge in [0.05, 0.1) is 12.2 Å². The highest BCUT2D eigenvalue weighted by molar-refractivity contribution is 9.10. The Morgan fingerprint density at radius 1 is 1.15 bits per heavy atom. The number of nitrogens with zero attached hydrogens (tertiary/aromatic N) is 1. The summed E-state index contributed by atoms with van der Waals surface area (Å²) in [4.78, 5) is 26.2. The molecule has 2 aromatic carbocycles. The van der Waals surface area contributed by atoms with Gasteiger partial charge >= 0.3 is 0 Å². The number of benzene rings is 2. The van der Waals surface area contributed by atoms with E-state index in [0.717, 1.165) is 34.1 Å². The number of carbonyl (C=O) groups is 2. The number of likely N-dealkylation sites (N-methyl/N-ethyl adjacent to an activating group) is 1. The first-order valence-corrected chi connectivity index (χ1v) is 9.84. The molecule has 3 rings (SSSR count). The van der Waals surface area contributed by atoms with Gasteiger partial charge in [-0.1, -0.05) is 18.2 Å². The fourth-order valence-corrected chi connectivity index (χ4v) is 3.37. The number of hydrogen-bond donors (Lipinski definition) is 2. The topological polar surface area (TPSA) is 61.4 Å². The molecule has 0 saturated heterocycles. The molecule has 0 unspecified atom stereocenters. The van der Waals surface area contributed by atoms with Gasteiger partial charge in [-0.2, -0.15) is 0 Å². The summed E-state index contributed by atoms with van der Waals surface area (Å²) >= 11 is 3.47. The van der Waals surface area contributed by atoms with Crippen LogP contribution in [0.3, 0.4) is 0 Å². The van der Waals surface area contributed by atoms with Crippen LogP contribution in [0, 0.1) is 6.92 Å². The molecule has 6 heteroatoms. The Morgan fingerprint density at radius 2 is 1.85 bits per heavy atom. The molecule has 0 atom stereocenters. The van der Waals surface area contributed by atoms with E-state index in [1.54, 1.807) is 0 Å². The predicted molar refractivity (Wildman–Crippen MR) is 111 cm³/mol. The minimum absolute atomic E-state index is 0.0135. The maximum atomic E-state index is 12.3. The Balaban J connectivity index is 1.49. The quantitative estimate of drug-likeness (QED) is 0.704. The van der Waals surface area contributed by atoms with Crippen molar-refractivity contribution in [2.75, 3.05) is 18.9 Å². The SMILES string of the molecule is Cc1ccc(NC(=O)CN(C)Cc2ccc(C(=O)NC3CC3)cc2)c(Br)c1. The first-order chi connectivity index (χ1) is 12.9. The van der Waals surface area contributed by atoms with E-state index in [4.69, 9.17) is 0 Å². The standard InChI is InChI=1S/C21H24BrN3O2/c1-14-3-10-19(18(22)11-14)24-20(26)13-25(2)12-15-4-6-16(7-5-15)21(27)23-17-8-9-17/h3-7,10-11,17H,8-9,12-13H2,1-2H3,(H,23,27)(H,24,26). The number of anilines is 1. The third-order valence-corrected chi connectivity index (χ3v) is 5.05. The number of hydrogen-bond acceptors (Lipinski definition) is 3. The molecule has 1 aliphatic carbocycles. The summed E-state index contributed by atoms with van der Waals surface area (Å²) in [6.07, 6.45) is 2.16. The molecule has 0 aliphatic heterocycles.